The lowest BCUT2D eigenvalue weighted by atomic mass is 9.95. The van der Waals surface area contributed by atoms with E-state index in [0.717, 1.165) is 12.7 Å². The summed E-state index contributed by atoms with van der Waals surface area (Å²) >= 11 is 0. The van der Waals surface area contributed by atoms with E-state index in [9.17, 15) is 9.59 Å². The van der Waals surface area contributed by atoms with E-state index in [4.69, 9.17) is 5.11 Å². The standard InChI is InChI=1S/C8H14O3/c1-3-7(5-9)4-6(2)8(10)11/h5-7H,3-4H2,1-2H3,(H,10,11). The lowest BCUT2D eigenvalue weighted by Gasteiger charge is -2.09. The summed E-state index contributed by atoms with van der Waals surface area (Å²) in [7, 11) is 0. The van der Waals surface area contributed by atoms with Crippen LogP contribution in [0.15, 0.2) is 0 Å². The van der Waals surface area contributed by atoms with Gasteiger partial charge in [0.15, 0.2) is 0 Å². The summed E-state index contributed by atoms with van der Waals surface area (Å²) in [4.78, 5) is 20.7. The number of carbonyl (C=O) groups is 2. The molecule has 0 fully saturated rings. The number of carbonyl (C=O) groups excluding carboxylic acids is 1. The highest BCUT2D eigenvalue weighted by Gasteiger charge is 2.15. The predicted octanol–water partition coefficient (Wildman–Crippen LogP) is 1.32. The molecule has 2 atom stereocenters. The van der Waals surface area contributed by atoms with Crippen LogP contribution in [-0.2, 0) is 9.59 Å². The molecule has 3 heteroatoms. The Bertz CT molecular complexity index is 142. The maximum absolute atomic E-state index is 10.4. The first-order valence-electron chi connectivity index (χ1n) is 3.79. The zero-order chi connectivity index (χ0) is 8.85. The molecule has 64 valence electrons. The normalized spacial score (nSPS) is 15.5. The van der Waals surface area contributed by atoms with Gasteiger partial charge in [-0.05, 0) is 12.8 Å². The second kappa shape index (κ2) is 4.88. The molecule has 0 heterocycles. The Labute approximate surface area is 66.4 Å². The Morgan fingerprint density at radius 3 is 2.45 bits per heavy atom. The predicted molar refractivity (Wildman–Crippen MR) is 41.3 cm³/mol. The van der Waals surface area contributed by atoms with Crippen molar-refractivity contribution in [2.75, 3.05) is 0 Å². The van der Waals surface area contributed by atoms with E-state index in [1.165, 1.54) is 0 Å². The third-order valence-electron chi connectivity index (χ3n) is 1.79. The van der Waals surface area contributed by atoms with Crippen LogP contribution in [0.3, 0.4) is 0 Å². The molecule has 0 aromatic carbocycles. The highest BCUT2D eigenvalue weighted by Crippen LogP contribution is 2.13. The van der Waals surface area contributed by atoms with Crippen molar-refractivity contribution < 1.29 is 14.7 Å². The van der Waals surface area contributed by atoms with Crippen molar-refractivity contribution >= 4 is 12.3 Å². The van der Waals surface area contributed by atoms with Gasteiger partial charge in [-0.2, -0.15) is 0 Å². The summed E-state index contributed by atoms with van der Waals surface area (Å²) in [5, 5.41) is 8.51. The van der Waals surface area contributed by atoms with Gasteiger partial charge >= 0.3 is 5.97 Å². The largest absolute Gasteiger partial charge is 0.481 e. The molecule has 0 saturated heterocycles. The maximum atomic E-state index is 10.4. The molecule has 0 aliphatic heterocycles. The molecule has 0 aromatic heterocycles. The van der Waals surface area contributed by atoms with Crippen molar-refractivity contribution in [3.05, 3.63) is 0 Å². The van der Waals surface area contributed by atoms with Crippen LogP contribution in [0, 0.1) is 11.8 Å². The minimum absolute atomic E-state index is 0.0962. The second-order valence-corrected chi connectivity index (χ2v) is 2.78. The number of carboxylic acids is 1. The van der Waals surface area contributed by atoms with E-state index < -0.39 is 11.9 Å². The maximum Gasteiger partial charge on any atom is 0.306 e. The average Bonchev–Trinajstić information content (AvgIpc) is 1.99. The Morgan fingerprint density at radius 2 is 2.18 bits per heavy atom. The first kappa shape index (κ1) is 10.1. The Hall–Kier alpha value is -0.860. The molecule has 11 heavy (non-hydrogen) atoms. The van der Waals surface area contributed by atoms with Crippen molar-refractivity contribution in [3.8, 4) is 0 Å². The molecule has 0 aliphatic rings. The van der Waals surface area contributed by atoms with Crippen molar-refractivity contribution in [1.82, 2.24) is 0 Å². The summed E-state index contributed by atoms with van der Waals surface area (Å²) in [5.41, 5.74) is 0. The molecule has 0 saturated carbocycles. The molecular weight excluding hydrogens is 144 g/mol. The molecule has 0 aliphatic carbocycles. The molecule has 1 N–H and O–H groups in total. The van der Waals surface area contributed by atoms with Crippen LogP contribution >= 0.6 is 0 Å². The average molecular weight is 158 g/mol. The van der Waals surface area contributed by atoms with Crippen molar-refractivity contribution in [3.63, 3.8) is 0 Å². The summed E-state index contributed by atoms with van der Waals surface area (Å²) in [5.74, 6) is -1.34. The van der Waals surface area contributed by atoms with E-state index in [0.29, 0.717) is 6.42 Å². The molecule has 0 amide bonds. The number of rotatable bonds is 5. The molecular formula is C8H14O3. The van der Waals surface area contributed by atoms with Crippen LogP contribution in [0.5, 0.6) is 0 Å². The molecule has 2 unspecified atom stereocenters. The van der Waals surface area contributed by atoms with Crippen LogP contribution in [0.2, 0.25) is 0 Å². The summed E-state index contributed by atoms with van der Waals surface area (Å²) in [6.45, 7) is 3.50. The smallest absolute Gasteiger partial charge is 0.306 e. The summed E-state index contributed by atoms with van der Waals surface area (Å²) in [6.07, 6.45) is 2.01. The lowest BCUT2D eigenvalue weighted by Crippen LogP contribution is -2.14. The lowest BCUT2D eigenvalue weighted by molar-refractivity contribution is -0.141. The van der Waals surface area contributed by atoms with E-state index >= 15 is 0 Å². The van der Waals surface area contributed by atoms with Gasteiger partial charge < -0.3 is 9.90 Å². The number of carboxylic acid groups (broad SMARTS) is 1. The Kier molecular flexibility index (Phi) is 4.50. The second-order valence-electron chi connectivity index (χ2n) is 2.78. The minimum Gasteiger partial charge on any atom is -0.481 e. The first-order chi connectivity index (χ1) is 5.11. The van der Waals surface area contributed by atoms with Gasteiger partial charge in [-0.1, -0.05) is 13.8 Å². The van der Waals surface area contributed by atoms with E-state index in [1.54, 1.807) is 6.92 Å². The van der Waals surface area contributed by atoms with E-state index in [1.807, 2.05) is 6.92 Å². The Balaban J connectivity index is 3.80. The Morgan fingerprint density at radius 1 is 1.64 bits per heavy atom. The molecule has 3 nitrogen and oxygen atoms in total. The summed E-state index contributed by atoms with van der Waals surface area (Å²) < 4.78 is 0. The van der Waals surface area contributed by atoms with Crippen molar-refractivity contribution in [2.45, 2.75) is 26.7 Å². The number of hydrogen-bond donors (Lipinski definition) is 1. The van der Waals surface area contributed by atoms with E-state index in [2.05, 4.69) is 0 Å². The van der Waals surface area contributed by atoms with Crippen LogP contribution < -0.4 is 0 Å². The third-order valence-corrected chi connectivity index (χ3v) is 1.79. The highest BCUT2D eigenvalue weighted by molar-refractivity contribution is 5.70. The number of aliphatic carboxylic acids is 1. The van der Waals surface area contributed by atoms with Gasteiger partial charge in [0.05, 0.1) is 5.92 Å². The fourth-order valence-corrected chi connectivity index (χ4v) is 0.873. The molecule has 0 rings (SSSR count). The van der Waals surface area contributed by atoms with Crippen molar-refractivity contribution in [1.29, 1.82) is 0 Å². The van der Waals surface area contributed by atoms with Crippen LogP contribution in [0.25, 0.3) is 0 Å². The van der Waals surface area contributed by atoms with Gasteiger partial charge in [0.25, 0.3) is 0 Å². The number of aldehydes is 1. The van der Waals surface area contributed by atoms with Gasteiger partial charge in [0.2, 0.25) is 0 Å². The molecule has 0 bridgehead atoms. The highest BCUT2D eigenvalue weighted by atomic mass is 16.4. The molecule has 0 aromatic rings. The molecule has 0 spiro atoms. The van der Waals surface area contributed by atoms with Crippen LogP contribution in [0.4, 0.5) is 0 Å². The molecule has 0 radical (unpaired) electrons. The van der Waals surface area contributed by atoms with Crippen LogP contribution in [0.1, 0.15) is 26.7 Å². The summed E-state index contributed by atoms with van der Waals surface area (Å²) in [6, 6.07) is 0. The zero-order valence-corrected chi connectivity index (χ0v) is 6.91. The monoisotopic (exact) mass is 158 g/mol. The SMILES string of the molecule is CCC(C=O)CC(C)C(=O)O. The van der Waals surface area contributed by atoms with E-state index in [-0.39, 0.29) is 5.92 Å². The first-order valence-corrected chi connectivity index (χ1v) is 3.79. The third kappa shape index (κ3) is 3.75. The van der Waals surface area contributed by atoms with Gasteiger partial charge in [0, 0.05) is 5.92 Å². The van der Waals surface area contributed by atoms with Gasteiger partial charge in [-0.3, -0.25) is 4.79 Å². The minimum atomic E-state index is -0.828. The fourth-order valence-electron chi connectivity index (χ4n) is 0.873. The van der Waals surface area contributed by atoms with Crippen molar-refractivity contribution in [2.24, 2.45) is 11.8 Å². The fraction of sp³-hybridized carbons (Fsp3) is 0.750. The van der Waals surface area contributed by atoms with Gasteiger partial charge in [-0.15, -0.1) is 0 Å². The van der Waals surface area contributed by atoms with Gasteiger partial charge in [0.1, 0.15) is 6.29 Å². The topological polar surface area (TPSA) is 54.4 Å². The zero-order valence-electron chi connectivity index (χ0n) is 6.91. The van der Waals surface area contributed by atoms with Gasteiger partial charge in [-0.25, -0.2) is 0 Å². The quantitative estimate of drug-likeness (QED) is 0.614. The number of hydrogen-bond acceptors (Lipinski definition) is 2. The van der Waals surface area contributed by atoms with Crippen LogP contribution in [-0.4, -0.2) is 17.4 Å².